The molecule has 0 fully saturated rings. The van der Waals surface area contributed by atoms with Crippen molar-refractivity contribution < 1.29 is 6.85 Å². The third kappa shape index (κ3) is 6.77. The van der Waals surface area contributed by atoms with Gasteiger partial charge in [-0.25, -0.2) is 4.85 Å². The zero-order valence-electron chi connectivity index (χ0n) is 47.5. The van der Waals surface area contributed by atoms with E-state index in [9.17, 15) is 14.6 Å². The highest BCUT2D eigenvalue weighted by atomic mass is 32.1. The summed E-state index contributed by atoms with van der Waals surface area (Å²) >= 11 is 3.23. The van der Waals surface area contributed by atoms with Crippen LogP contribution in [-0.4, -0.2) is 9.13 Å². The van der Waals surface area contributed by atoms with Crippen molar-refractivity contribution in [1.29, 1.82) is 5.26 Å². The summed E-state index contributed by atoms with van der Waals surface area (Å²) in [5.41, 5.74) is 12.9. The summed E-state index contributed by atoms with van der Waals surface area (Å²) in [4.78, 5) is 4.65. The Morgan fingerprint density at radius 3 is 1.48 bits per heavy atom. The number of thiophene rings is 2. The molecular formula is C74H42N4S2. The predicted molar refractivity (Wildman–Crippen MR) is 339 cm³/mol. The van der Waals surface area contributed by atoms with E-state index in [-0.39, 0.29) is 17.6 Å². The van der Waals surface area contributed by atoms with Crippen molar-refractivity contribution in [3.05, 3.63) is 272 Å². The number of fused-ring (bicyclic) bond motifs is 14. The Balaban J connectivity index is 1.17. The van der Waals surface area contributed by atoms with E-state index in [1.807, 2.05) is 103 Å². The maximum Gasteiger partial charge on any atom is 0.220 e. The Morgan fingerprint density at radius 1 is 0.400 bits per heavy atom. The van der Waals surface area contributed by atoms with E-state index in [2.05, 4.69) is 141 Å². The number of aromatic nitrogens is 2. The van der Waals surface area contributed by atoms with Crippen LogP contribution in [0.15, 0.2) is 255 Å². The monoisotopic (exact) mass is 1060 g/mol. The number of hydrogen-bond acceptors (Lipinski definition) is 3. The Labute approximate surface area is 475 Å². The van der Waals surface area contributed by atoms with Crippen LogP contribution in [0.5, 0.6) is 0 Å². The minimum Gasteiger partial charge on any atom is -0.318 e. The highest BCUT2D eigenvalue weighted by Gasteiger charge is 2.33. The van der Waals surface area contributed by atoms with Gasteiger partial charge in [-0.1, -0.05) is 236 Å². The van der Waals surface area contributed by atoms with Crippen molar-refractivity contribution in [3.63, 3.8) is 0 Å². The van der Waals surface area contributed by atoms with Crippen LogP contribution < -0.4 is 0 Å². The summed E-state index contributed by atoms with van der Waals surface area (Å²) in [5, 5.41) is 20.3. The number of nitrogens with zero attached hydrogens (tertiary/aromatic N) is 4. The van der Waals surface area contributed by atoms with Gasteiger partial charge in [0.1, 0.15) is 6.07 Å². The maximum atomic E-state index is 12.5. The summed E-state index contributed by atoms with van der Waals surface area (Å²) in [5.74, 6) is 0. The number of hydrogen-bond donors (Lipinski definition) is 0. The smallest absolute Gasteiger partial charge is 0.220 e. The highest BCUT2D eigenvalue weighted by molar-refractivity contribution is 7.27. The van der Waals surface area contributed by atoms with E-state index < -0.39 is 18.1 Å². The molecule has 0 aliphatic rings. The van der Waals surface area contributed by atoms with Crippen LogP contribution >= 0.6 is 22.7 Å². The summed E-state index contributed by atoms with van der Waals surface area (Å²) in [6.07, 6.45) is 0. The lowest BCUT2D eigenvalue weighted by molar-refractivity contribution is 1.14. The normalized spacial score (nSPS) is 12.6. The molecule has 0 aliphatic carbocycles. The molecule has 4 heterocycles. The second-order valence-electron chi connectivity index (χ2n) is 20.1. The van der Waals surface area contributed by atoms with E-state index in [1.54, 1.807) is 11.3 Å². The zero-order chi connectivity index (χ0) is 57.4. The molecule has 0 aliphatic heterocycles. The molecule has 0 amide bonds. The number of benzene rings is 12. The molecule has 6 heteroatoms. The highest BCUT2D eigenvalue weighted by Crippen LogP contribution is 2.55. The predicted octanol–water partition coefficient (Wildman–Crippen LogP) is 21.4. The van der Waals surface area contributed by atoms with Crippen LogP contribution in [0.2, 0.25) is 0 Å². The molecule has 4 aromatic heterocycles. The van der Waals surface area contributed by atoms with Gasteiger partial charge in [-0.05, 0) is 62.7 Å². The van der Waals surface area contributed by atoms with Gasteiger partial charge in [0, 0.05) is 63.6 Å². The first-order chi connectivity index (χ1) is 41.7. The van der Waals surface area contributed by atoms with Crippen LogP contribution in [-0.2, 0) is 0 Å². The van der Waals surface area contributed by atoms with Crippen molar-refractivity contribution >= 4 is 112 Å². The first kappa shape index (κ1) is 40.9. The van der Waals surface area contributed by atoms with Gasteiger partial charge in [-0.3, -0.25) is 0 Å². The van der Waals surface area contributed by atoms with Gasteiger partial charge in [-0.15, -0.1) is 22.7 Å². The van der Waals surface area contributed by atoms with E-state index in [1.165, 1.54) is 11.3 Å². The second-order valence-corrected chi connectivity index (χ2v) is 22.1. The van der Waals surface area contributed by atoms with Crippen LogP contribution in [0, 0.1) is 17.9 Å². The van der Waals surface area contributed by atoms with Gasteiger partial charge in [0.15, 0.2) is 0 Å². The van der Waals surface area contributed by atoms with Crippen LogP contribution in [0.25, 0.3) is 156 Å². The van der Waals surface area contributed by atoms with E-state index >= 15 is 0 Å². The minimum absolute atomic E-state index is 0.133. The molecule has 0 radical (unpaired) electrons. The van der Waals surface area contributed by atoms with Crippen molar-refractivity contribution in [3.8, 4) is 73.1 Å². The van der Waals surface area contributed by atoms with Crippen molar-refractivity contribution in [1.82, 2.24) is 9.13 Å². The molecular weight excluding hydrogens is 1010 g/mol. The van der Waals surface area contributed by atoms with Crippen LogP contribution in [0.3, 0.4) is 0 Å². The summed E-state index contributed by atoms with van der Waals surface area (Å²) in [6, 6.07) is 78.0. The van der Waals surface area contributed by atoms with E-state index in [0.29, 0.717) is 44.9 Å². The molecule has 0 saturated heterocycles. The lowest BCUT2D eigenvalue weighted by atomic mass is 9.88. The molecule has 0 spiro atoms. The summed E-state index contributed by atoms with van der Waals surface area (Å²) in [7, 11) is 0. The minimum atomic E-state index is -0.448. The third-order valence-electron chi connectivity index (χ3n) is 15.9. The van der Waals surface area contributed by atoms with E-state index in [0.717, 1.165) is 112 Å². The molecule has 80 heavy (non-hydrogen) atoms. The van der Waals surface area contributed by atoms with Gasteiger partial charge < -0.3 is 9.13 Å². The van der Waals surface area contributed by atoms with Gasteiger partial charge in [0.25, 0.3) is 0 Å². The Hall–Kier alpha value is -10.3. The first-order valence-electron chi connectivity index (χ1n) is 28.8. The lowest BCUT2D eigenvalue weighted by Crippen LogP contribution is -2.09. The second kappa shape index (κ2) is 18.1. The molecule has 370 valence electrons. The topological polar surface area (TPSA) is 38.0 Å². The fraction of sp³-hybridized carbons (Fsp3) is 0. The Morgan fingerprint density at radius 2 is 0.887 bits per heavy atom. The molecule has 16 aromatic rings. The molecule has 0 N–H and O–H groups in total. The molecule has 0 bridgehead atoms. The van der Waals surface area contributed by atoms with Gasteiger partial charge in [0.2, 0.25) is 5.69 Å². The fourth-order valence-electron chi connectivity index (χ4n) is 12.4. The summed E-state index contributed by atoms with van der Waals surface area (Å²) in [6.45, 7) is 9.62. The molecule has 0 atom stereocenters. The van der Waals surface area contributed by atoms with Crippen molar-refractivity contribution in [2.45, 2.75) is 0 Å². The van der Waals surface area contributed by atoms with E-state index in [4.69, 9.17) is 4.11 Å². The molecule has 16 rings (SSSR count). The molecule has 0 saturated carbocycles. The van der Waals surface area contributed by atoms with Gasteiger partial charge in [0.05, 0.1) is 61.8 Å². The SMILES string of the molecule is [2H]c1c([2H])c([2H])c(-c2cccc3c2sc2c3ccc3c4ccc5c6ccccc6sc5c4n(-c4c(C#N)c(-c5ccccc5)c([N+]#[C-])c(-n5c6cc(-c7ccccc7)ccc6c6ccc(-c7ccccc7)cc65)c4-c4ccccc4)c32)c([2H])c1[2H]. The third-order valence-corrected chi connectivity index (χ3v) is 18.3. The van der Waals surface area contributed by atoms with Gasteiger partial charge in [-0.2, -0.15) is 5.26 Å². The quantitative estimate of drug-likeness (QED) is 0.147. The zero-order valence-corrected chi connectivity index (χ0v) is 44.1. The average Bonchev–Trinajstić information content (AvgIpc) is 1.61. The maximum absolute atomic E-state index is 12.5. The number of rotatable bonds is 7. The first-order valence-corrected chi connectivity index (χ1v) is 28.0. The Kier molecular flexibility index (Phi) is 9.26. The lowest BCUT2D eigenvalue weighted by Gasteiger charge is -2.26. The average molecular weight is 1060 g/mol. The standard InChI is InChI=1S/C74H42N4S2/c1-76-67-65(48-26-13-5-14-27-48)61(44-75)68(66(49-28-15-6-16-29-49)71(67)77-62-42-50(45-20-7-2-8-21-45)34-36-53(62)54-37-35-51(43-63(54)77)46-22-9-3-10-23-46)78-69-56(38-40-59-55-30-17-18-33-64(55)79-73(59)69)57-39-41-60-58-32-19-31-52(47-24-11-4-12-25-47)72(58)80-74(60)70(57)78/h2-43H/i4D,11D,12D,24D,25D. The van der Waals surface area contributed by atoms with Crippen LogP contribution in [0.1, 0.15) is 12.4 Å². The van der Waals surface area contributed by atoms with Crippen molar-refractivity contribution in [2.75, 3.05) is 0 Å². The van der Waals surface area contributed by atoms with Crippen molar-refractivity contribution in [2.24, 2.45) is 0 Å². The molecule has 12 aromatic carbocycles. The van der Waals surface area contributed by atoms with Gasteiger partial charge >= 0.3 is 0 Å². The van der Waals surface area contributed by atoms with Crippen LogP contribution in [0.4, 0.5) is 5.69 Å². The fourth-order valence-corrected chi connectivity index (χ4v) is 15.0. The molecule has 4 nitrogen and oxygen atoms in total. The summed E-state index contributed by atoms with van der Waals surface area (Å²) < 4.78 is 52.8. The number of nitriles is 1. The molecule has 0 unspecified atom stereocenters. The largest absolute Gasteiger partial charge is 0.318 e. The Bertz CT molecular complexity index is 5490.